The highest BCUT2D eigenvalue weighted by atomic mass is 16.5. The number of carbonyl (C=O) groups is 3. The largest absolute Gasteiger partial charge is 0.456 e. The highest BCUT2D eigenvalue weighted by molar-refractivity contribution is 5.99. The number of carbonyl (C=O) groups excluding carboxylic acids is 3. The fraction of sp³-hybridized carbons (Fsp3) is 0.381. The van der Waals surface area contributed by atoms with Crippen molar-refractivity contribution in [2.45, 2.75) is 46.7 Å². The normalized spacial score (nSPS) is 11.6. The van der Waals surface area contributed by atoms with Crippen LogP contribution in [-0.4, -0.2) is 35.0 Å². The van der Waals surface area contributed by atoms with Crippen molar-refractivity contribution in [3.63, 3.8) is 0 Å². The van der Waals surface area contributed by atoms with Gasteiger partial charge in [-0.05, 0) is 45.4 Å². The summed E-state index contributed by atoms with van der Waals surface area (Å²) in [5.41, 5.74) is 3.04. The summed E-state index contributed by atoms with van der Waals surface area (Å²) in [6.45, 7) is 7.89. The third kappa shape index (κ3) is 5.45. The Morgan fingerprint density at radius 2 is 1.82 bits per heavy atom. The number of aryl methyl sites for hydroxylation is 1. The Morgan fingerprint density at radius 3 is 2.46 bits per heavy atom. The van der Waals surface area contributed by atoms with Crippen LogP contribution in [0.5, 0.6) is 0 Å². The molecule has 150 valence electrons. The molecular weight excluding hydrogens is 358 g/mol. The lowest BCUT2D eigenvalue weighted by molar-refractivity contribution is -0.144. The lowest BCUT2D eigenvalue weighted by Crippen LogP contribution is -2.42. The van der Waals surface area contributed by atoms with Crippen LogP contribution in [0.3, 0.4) is 0 Å². The van der Waals surface area contributed by atoms with Crippen LogP contribution in [0.2, 0.25) is 0 Å². The summed E-state index contributed by atoms with van der Waals surface area (Å²) in [4.78, 5) is 36.5. The zero-order chi connectivity index (χ0) is 20.7. The number of hydrogen-bond donors (Lipinski definition) is 2. The van der Waals surface area contributed by atoms with E-state index in [0.29, 0.717) is 11.3 Å². The summed E-state index contributed by atoms with van der Waals surface area (Å²) < 4.78 is 7.17. The van der Waals surface area contributed by atoms with E-state index in [2.05, 4.69) is 22.1 Å². The van der Waals surface area contributed by atoms with E-state index in [1.54, 1.807) is 24.3 Å². The Balaban J connectivity index is 1.86. The van der Waals surface area contributed by atoms with Crippen molar-refractivity contribution < 1.29 is 19.1 Å². The van der Waals surface area contributed by atoms with E-state index in [1.807, 2.05) is 26.0 Å². The molecular formula is C21H27N3O4. The second-order valence-electron chi connectivity index (χ2n) is 6.65. The molecule has 28 heavy (non-hydrogen) atoms. The van der Waals surface area contributed by atoms with Crippen LogP contribution < -0.4 is 10.6 Å². The second kappa shape index (κ2) is 9.73. The number of urea groups is 1. The summed E-state index contributed by atoms with van der Waals surface area (Å²) in [6.07, 6.45) is 0.965. The number of esters is 1. The van der Waals surface area contributed by atoms with Gasteiger partial charge in [0, 0.05) is 29.2 Å². The topological polar surface area (TPSA) is 89.4 Å². The van der Waals surface area contributed by atoms with Crippen LogP contribution in [0, 0.1) is 13.8 Å². The lowest BCUT2D eigenvalue weighted by Gasteiger charge is -2.14. The number of nitrogens with one attached hydrogen (secondary N) is 2. The zero-order valence-corrected chi connectivity index (χ0v) is 16.7. The summed E-state index contributed by atoms with van der Waals surface area (Å²) in [5.74, 6) is -0.927. The Bertz CT molecular complexity index is 843. The molecule has 1 heterocycles. The minimum Gasteiger partial charge on any atom is -0.456 e. The fourth-order valence-corrected chi connectivity index (χ4v) is 2.93. The van der Waals surface area contributed by atoms with Crippen LogP contribution in [0.1, 0.15) is 42.0 Å². The molecule has 7 heteroatoms. The van der Waals surface area contributed by atoms with E-state index in [1.165, 1.54) is 6.92 Å². The fourth-order valence-electron chi connectivity index (χ4n) is 2.93. The SMILES string of the molecule is CCCn1c(C)cc(C(=O)COC(=O)[C@H](C)NC(=O)Nc2ccccc2)c1C. The molecule has 1 aromatic carbocycles. The molecule has 0 bridgehead atoms. The number of rotatable bonds is 8. The maximum Gasteiger partial charge on any atom is 0.328 e. The molecule has 0 saturated heterocycles. The molecule has 0 spiro atoms. The molecule has 1 atom stereocenters. The molecule has 0 fully saturated rings. The highest BCUT2D eigenvalue weighted by Crippen LogP contribution is 2.16. The summed E-state index contributed by atoms with van der Waals surface area (Å²) in [7, 11) is 0. The predicted octanol–water partition coefficient (Wildman–Crippen LogP) is 3.45. The van der Waals surface area contributed by atoms with Crippen LogP contribution >= 0.6 is 0 Å². The van der Waals surface area contributed by atoms with Gasteiger partial charge in [0.1, 0.15) is 6.04 Å². The maximum atomic E-state index is 12.4. The zero-order valence-electron chi connectivity index (χ0n) is 16.7. The second-order valence-corrected chi connectivity index (χ2v) is 6.65. The van der Waals surface area contributed by atoms with Crippen molar-refractivity contribution in [1.82, 2.24) is 9.88 Å². The number of ketones is 1. The molecule has 0 aliphatic carbocycles. The summed E-state index contributed by atoms with van der Waals surface area (Å²) >= 11 is 0. The molecule has 1 aromatic heterocycles. The highest BCUT2D eigenvalue weighted by Gasteiger charge is 2.21. The van der Waals surface area contributed by atoms with Gasteiger partial charge in [-0.1, -0.05) is 25.1 Å². The number of benzene rings is 1. The standard InChI is InChI=1S/C21H27N3O4/c1-5-11-24-14(2)12-18(16(24)4)19(25)13-28-20(26)15(3)22-21(27)23-17-9-7-6-8-10-17/h6-10,12,15H,5,11,13H2,1-4H3,(H2,22,23,27)/t15-/m0/s1. The first-order chi connectivity index (χ1) is 13.3. The quantitative estimate of drug-likeness (QED) is 0.538. The van der Waals surface area contributed by atoms with E-state index in [-0.39, 0.29) is 12.4 Å². The Kier molecular flexibility index (Phi) is 7.37. The number of ether oxygens (including phenoxy) is 1. The number of nitrogens with zero attached hydrogens (tertiary/aromatic N) is 1. The number of para-hydroxylation sites is 1. The van der Waals surface area contributed by atoms with Crippen molar-refractivity contribution in [1.29, 1.82) is 0 Å². The number of hydrogen-bond acceptors (Lipinski definition) is 4. The Labute approximate surface area is 165 Å². The number of anilines is 1. The van der Waals surface area contributed by atoms with Crippen molar-refractivity contribution in [2.75, 3.05) is 11.9 Å². The first-order valence-corrected chi connectivity index (χ1v) is 9.32. The van der Waals surface area contributed by atoms with Gasteiger partial charge in [-0.3, -0.25) is 4.79 Å². The van der Waals surface area contributed by atoms with Gasteiger partial charge in [0.05, 0.1) is 0 Å². The van der Waals surface area contributed by atoms with E-state index in [9.17, 15) is 14.4 Å². The third-order valence-electron chi connectivity index (χ3n) is 4.40. The number of aromatic nitrogens is 1. The molecule has 0 radical (unpaired) electrons. The molecule has 0 aliphatic rings. The van der Waals surface area contributed by atoms with Crippen molar-refractivity contribution in [2.24, 2.45) is 0 Å². The van der Waals surface area contributed by atoms with Crippen LogP contribution in [-0.2, 0) is 16.1 Å². The first-order valence-electron chi connectivity index (χ1n) is 9.32. The van der Waals surface area contributed by atoms with E-state index >= 15 is 0 Å². The summed E-state index contributed by atoms with van der Waals surface area (Å²) in [5, 5.41) is 5.11. The van der Waals surface area contributed by atoms with Crippen LogP contribution in [0.15, 0.2) is 36.4 Å². The van der Waals surface area contributed by atoms with Crippen LogP contribution in [0.4, 0.5) is 10.5 Å². The Morgan fingerprint density at radius 1 is 1.14 bits per heavy atom. The van der Waals surface area contributed by atoms with Gasteiger partial charge < -0.3 is 19.9 Å². The first kappa shape index (κ1) is 21.2. The molecule has 0 aliphatic heterocycles. The van der Waals surface area contributed by atoms with Crippen molar-refractivity contribution in [3.05, 3.63) is 53.3 Å². The average molecular weight is 385 g/mol. The Hall–Kier alpha value is -3.09. The monoisotopic (exact) mass is 385 g/mol. The van der Waals surface area contributed by atoms with Crippen LogP contribution in [0.25, 0.3) is 0 Å². The lowest BCUT2D eigenvalue weighted by atomic mass is 10.1. The van der Waals surface area contributed by atoms with Gasteiger partial charge in [0.15, 0.2) is 6.61 Å². The molecule has 0 unspecified atom stereocenters. The predicted molar refractivity (Wildman–Crippen MR) is 108 cm³/mol. The minimum atomic E-state index is -0.885. The van der Waals surface area contributed by atoms with E-state index in [4.69, 9.17) is 4.74 Å². The molecule has 2 N–H and O–H groups in total. The van der Waals surface area contributed by atoms with E-state index in [0.717, 1.165) is 24.4 Å². The van der Waals surface area contributed by atoms with Gasteiger partial charge in [0.2, 0.25) is 5.78 Å². The smallest absolute Gasteiger partial charge is 0.328 e. The van der Waals surface area contributed by atoms with Gasteiger partial charge in [-0.25, -0.2) is 9.59 Å². The minimum absolute atomic E-state index is 0.259. The molecule has 2 aromatic rings. The summed E-state index contributed by atoms with van der Waals surface area (Å²) in [6, 6.07) is 9.28. The van der Waals surface area contributed by atoms with Gasteiger partial charge in [-0.2, -0.15) is 0 Å². The average Bonchev–Trinajstić information content (AvgIpc) is 2.95. The van der Waals surface area contributed by atoms with E-state index < -0.39 is 18.0 Å². The molecule has 2 rings (SSSR count). The third-order valence-corrected chi connectivity index (χ3v) is 4.40. The molecule has 7 nitrogen and oxygen atoms in total. The maximum absolute atomic E-state index is 12.4. The van der Waals surface area contributed by atoms with Gasteiger partial charge in [0.25, 0.3) is 0 Å². The van der Waals surface area contributed by atoms with Crippen molar-refractivity contribution >= 4 is 23.5 Å². The number of Topliss-reactive ketones (excluding diaryl/α,β-unsaturated/α-hetero) is 1. The van der Waals surface area contributed by atoms with Gasteiger partial charge >= 0.3 is 12.0 Å². The van der Waals surface area contributed by atoms with Gasteiger partial charge in [-0.15, -0.1) is 0 Å². The molecule has 2 amide bonds. The van der Waals surface area contributed by atoms with Crippen molar-refractivity contribution in [3.8, 4) is 0 Å². The number of amides is 2. The molecule has 0 saturated carbocycles.